The third kappa shape index (κ3) is 5.67. The number of halogens is 3. The second kappa shape index (κ2) is 9.35. The highest BCUT2D eigenvalue weighted by Gasteiger charge is 2.23. The van der Waals surface area contributed by atoms with Crippen molar-refractivity contribution in [2.24, 2.45) is 0 Å². The first-order chi connectivity index (χ1) is 12.8. The second-order valence-electron chi connectivity index (χ2n) is 5.07. The van der Waals surface area contributed by atoms with Gasteiger partial charge in [-0.15, -0.1) is 0 Å². The molecule has 0 saturated carbocycles. The molecule has 0 unspecified atom stereocenters. The normalized spacial score (nSPS) is 13.5. The van der Waals surface area contributed by atoms with E-state index in [0.29, 0.717) is 32.1 Å². The standard InChI is InChI=1S/C9H10ClN3O3.C5H2ClFN2O2/c10-7-5-8(13(14)15)9(11-6-7)12-1-3-16-4-2-12;6-3-1-4(9(10)11)5(7)8-2-3/h5-6H,1-4H2;1-2H. The maximum atomic E-state index is 12.4. The SMILES string of the molecule is O=[N+]([O-])c1cc(Cl)cnc1F.O=[N+]([O-])c1cc(Cl)cnc1N1CCOCC1. The molecule has 27 heavy (non-hydrogen) atoms. The molecule has 1 aliphatic rings. The number of pyridine rings is 2. The van der Waals surface area contributed by atoms with E-state index in [1.54, 1.807) is 0 Å². The van der Waals surface area contributed by atoms with Crippen molar-refractivity contribution in [1.29, 1.82) is 0 Å². The van der Waals surface area contributed by atoms with E-state index in [4.69, 9.17) is 27.9 Å². The van der Waals surface area contributed by atoms with E-state index in [2.05, 4.69) is 9.97 Å². The van der Waals surface area contributed by atoms with E-state index in [0.717, 1.165) is 12.3 Å². The van der Waals surface area contributed by atoms with Crippen molar-refractivity contribution in [2.75, 3.05) is 31.2 Å². The van der Waals surface area contributed by atoms with Gasteiger partial charge in [0.2, 0.25) is 5.82 Å². The summed E-state index contributed by atoms with van der Waals surface area (Å²) < 4.78 is 17.6. The van der Waals surface area contributed by atoms with Crippen molar-refractivity contribution in [2.45, 2.75) is 0 Å². The van der Waals surface area contributed by atoms with Crippen molar-refractivity contribution in [1.82, 2.24) is 9.97 Å². The van der Waals surface area contributed by atoms with Crippen LogP contribution in [0.25, 0.3) is 0 Å². The van der Waals surface area contributed by atoms with Crippen LogP contribution in [0.1, 0.15) is 0 Å². The third-order valence-corrected chi connectivity index (χ3v) is 3.72. The van der Waals surface area contributed by atoms with E-state index in [1.165, 1.54) is 12.3 Å². The molecule has 2 aromatic heterocycles. The van der Waals surface area contributed by atoms with Gasteiger partial charge in [0, 0.05) is 37.6 Å². The highest BCUT2D eigenvalue weighted by molar-refractivity contribution is 6.31. The highest BCUT2D eigenvalue weighted by atomic mass is 35.5. The Morgan fingerprint density at radius 1 is 1.00 bits per heavy atom. The topological polar surface area (TPSA) is 125 Å². The number of aromatic nitrogens is 2. The summed E-state index contributed by atoms with van der Waals surface area (Å²) in [5.41, 5.74) is -0.771. The average molecular weight is 420 g/mol. The van der Waals surface area contributed by atoms with Crippen LogP contribution in [0.2, 0.25) is 10.0 Å². The number of nitro groups is 2. The molecule has 3 rings (SSSR count). The van der Waals surface area contributed by atoms with Gasteiger partial charge < -0.3 is 9.64 Å². The second-order valence-corrected chi connectivity index (χ2v) is 5.95. The predicted molar refractivity (Wildman–Crippen MR) is 94.8 cm³/mol. The lowest BCUT2D eigenvalue weighted by atomic mass is 10.3. The molecule has 2 aromatic rings. The molecule has 0 bridgehead atoms. The van der Waals surface area contributed by atoms with Gasteiger partial charge in [0.1, 0.15) is 0 Å². The summed E-state index contributed by atoms with van der Waals surface area (Å²) in [6.45, 7) is 2.33. The molecule has 13 heteroatoms. The minimum absolute atomic E-state index is 0.0399. The molecule has 0 radical (unpaired) electrons. The van der Waals surface area contributed by atoms with E-state index in [-0.39, 0.29) is 15.7 Å². The summed E-state index contributed by atoms with van der Waals surface area (Å²) in [5, 5.41) is 21.2. The lowest BCUT2D eigenvalue weighted by Crippen LogP contribution is -2.37. The quantitative estimate of drug-likeness (QED) is 0.421. The van der Waals surface area contributed by atoms with Gasteiger partial charge in [0.25, 0.3) is 5.95 Å². The molecule has 0 aliphatic carbocycles. The van der Waals surface area contributed by atoms with Gasteiger partial charge in [-0.3, -0.25) is 20.2 Å². The maximum absolute atomic E-state index is 12.4. The monoisotopic (exact) mass is 419 g/mol. The van der Waals surface area contributed by atoms with Crippen LogP contribution in [0.3, 0.4) is 0 Å². The Labute approximate surface area is 161 Å². The van der Waals surface area contributed by atoms with Gasteiger partial charge in [-0.2, -0.15) is 4.39 Å². The van der Waals surface area contributed by atoms with Gasteiger partial charge >= 0.3 is 11.4 Å². The van der Waals surface area contributed by atoms with E-state index >= 15 is 0 Å². The molecule has 0 N–H and O–H groups in total. The Hall–Kier alpha value is -2.63. The predicted octanol–water partition coefficient (Wildman–Crippen LogP) is 3.26. The molecule has 0 amide bonds. The van der Waals surface area contributed by atoms with Crippen LogP contribution < -0.4 is 4.90 Å². The zero-order valence-corrected chi connectivity index (χ0v) is 15.1. The molecule has 0 spiro atoms. The lowest BCUT2D eigenvalue weighted by molar-refractivity contribution is -0.388. The number of morpholine rings is 1. The van der Waals surface area contributed by atoms with Crippen molar-refractivity contribution in [3.63, 3.8) is 0 Å². The molecular formula is C14H12Cl2FN5O5. The van der Waals surface area contributed by atoms with Gasteiger partial charge in [0.05, 0.1) is 33.1 Å². The van der Waals surface area contributed by atoms with Crippen molar-refractivity contribution in [3.8, 4) is 0 Å². The summed E-state index contributed by atoms with van der Waals surface area (Å²) in [6, 6.07) is 2.23. The Balaban J connectivity index is 0.000000208. The van der Waals surface area contributed by atoms with Crippen molar-refractivity contribution < 1.29 is 19.0 Å². The van der Waals surface area contributed by atoms with Gasteiger partial charge in [-0.1, -0.05) is 23.2 Å². The Kier molecular flexibility index (Phi) is 7.16. The Morgan fingerprint density at radius 3 is 2.04 bits per heavy atom. The molecule has 0 atom stereocenters. The van der Waals surface area contributed by atoms with E-state index in [1.807, 2.05) is 4.90 Å². The molecule has 1 aliphatic heterocycles. The maximum Gasteiger partial charge on any atom is 0.325 e. The zero-order valence-electron chi connectivity index (χ0n) is 13.5. The molecule has 0 aromatic carbocycles. The molecule has 1 saturated heterocycles. The summed E-state index contributed by atoms with van der Waals surface area (Å²) in [7, 11) is 0. The van der Waals surface area contributed by atoms with Crippen LogP contribution >= 0.6 is 23.2 Å². The molecule has 1 fully saturated rings. The number of hydrogen-bond donors (Lipinski definition) is 0. The third-order valence-electron chi connectivity index (χ3n) is 3.31. The van der Waals surface area contributed by atoms with Crippen LogP contribution in [0, 0.1) is 26.2 Å². The fourth-order valence-corrected chi connectivity index (χ4v) is 2.42. The number of hydrogen-bond acceptors (Lipinski definition) is 8. The number of nitrogens with zero attached hydrogens (tertiary/aromatic N) is 5. The van der Waals surface area contributed by atoms with Gasteiger partial charge in [0.15, 0.2) is 0 Å². The smallest absolute Gasteiger partial charge is 0.325 e. The van der Waals surface area contributed by atoms with Gasteiger partial charge in [-0.25, -0.2) is 9.97 Å². The molecule has 144 valence electrons. The summed E-state index contributed by atoms with van der Waals surface area (Å²) in [6.07, 6.45) is 2.42. The van der Waals surface area contributed by atoms with Crippen LogP contribution in [-0.2, 0) is 4.74 Å². The zero-order chi connectivity index (χ0) is 20.0. The Morgan fingerprint density at radius 2 is 1.52 bits per heavy atom. The number of rotatable bonds is 3. The van der Waals surface area contributed by atoms with Crippen LogP contribution in [0.15, 0.2) is 24.5 Å². The fourth-order valence-electron chi connectivity index (χ4n) is 2.11. The van der Waals surface area contributed by atoms with Crippen molar-refractivity contribution >= 4 is 40.4 Å². The van der Waals surface area contributed by atoms with Crippen LogP contribution in [-0.4, -0.2) is 46.1 Å². The summed E-state index contributed by atoms with van der Waals surface area (Å²) in [5.74, 6) is -0.767. The minimum atomic E-state index is -1.13. The first kappa shape index (κ1) is 20.7. The molecule has 10 nitrogen and oxygen atoms in total. The largest absolute Gasteiger partial charge is 0.378 e. The average Bonchev–Trinajstić information content (AvgIpc) is 2.64. The molecular weight excluding hydrogens is 408 g/mol. The van der Waals surface area contributed by atoms with E-state index in [9.17, 15) is 24.6 Å². The highest BCUT2D eigenvalue weighted by Crippen LogP contribution is 2.28. The van der Waals surface area contributed by atoms with Gasteiger partial charge in [-0.05, 0) is 0 Å². The van der Waals surface area contributed by atoms with E-state index < -0.39 is 21.5 Å². The minimum Gasteiger partial charge on any atom is -0.378 e. The summed E-state index contributed by atoms with van der Waals surface area (Å²) in [4.78, 5) is 28.5. The Bertz CT molecular complexity index is 851. The van der Waals surface area contributed by atoms with Crippen LogP contribution in [0.4, 0.5) is 21.6 Å². The fraction of sp³-hybridized carbons (Fsp3) is 0.286. The van der Waals surface area contributed by atoms with Crippen LogP contribution in [0.5, 0.6) is 0 Å². The molecule has 3 heterocycles. The number of ether oxygens (including phenoxy) is 1. The lowest BCUT2D eigenvalue weighted by Gasteiger charge is -2.27. The first-order valence-corrected chi connectivity index (χ1v) is 8.13. The summed E-state index contributed by atoms with van der Waals surface area (Å²) >= 11 is 11.0. The number of anilines is 1. The van der Waals surface area contributed by atoms with Crippen molar-refractivity contribution in [3.05, 3.63) is 60.7 Å². The first-order valence-electron chi connectivity index (χ1n) is 7.37.